The summed E-state index contributed by atoms with van der Waals surface area (Å²) in [4.78, 5) is 68.1. The highest BCUT2D eigenvalue weighted by Gasteiger charge is 2.46. The van der Waals surface area contributed by atoms with E-state index >= 15 is 0 Å². The molecule has 44 heavy (non-hydrogen) atoms. The summed E-state index contributed by atoms with van der Waals surface area (Å²) in [6, 6.07) is -3.03. The lowest BCUT2D eigenvalue weighted by atomic mass is 9.82. The molecule has 11 nitrogen and oxygen atoms in total. The molecule has 1 heterocycles. The first-order valence-electron chi connectivity index (χ1n) is 16.7. The number of likely N-dealkylation sites (tertiary alicyclic amines) is 1. The van der Waals surface area contributed by atoms with Gasteiger partial charge in [-0.2, -0.15) is 0 Å². The minimum Gasteiger partial charge on any atom is -0.346 e. The fraction of sp³-hybridized carbons (Fsp3) is 0.788. The van der Waals surface area contributed by atoms with E-state index in [-0.39, 0.29) is 35.9 Å². The van der Waals surface area contributed by atoms with Crippen LogP contribution < -0.4 is 26.6 Å². The average Bonchev–Trinajstić information content (AvgIpc) is 3.65. The molecule has 0 aromatic rings. The third-order valence-electron chi connectivity index (χ3n) is 9.74. The number of ketones is 1. The van der Waals surface area contributed by atoms with Gasteiger partial charge in [0.15, 0.2) is 0 Å². The van der Waals surface area contributed by atoms with Gasteiger partial charge >= 0.3 is 6.03 Å². The molecule has 0 aromatic heterocycles. The molecule has 3 rings (SSSR count). The van der Waals surface area contributed by atoms with Gasteiger partial charge in [0.25, 0.3) is 5.91 Å². The lowest BCUT2D eigenvalue weighted by molar-refractivity contribution is -0.143. The van der Waals surface area contributed by atoms with E-state index in [4.69, 9.17) is 0 Å². The van der Waals surface area contributed by atoms with Crippen LogP contribution in [-0.4, -0.2) is 85.3 Å². The van der Waals surface area contributed by atoms with E-state index in [0.717, 1.165) is 25.7 Å². The van der Waals surface area contributed by atoms with Crippen molar-refractivity contribution in [2.24, 2.45) is 23.2 Å². The number of Topliss-reactive ketones (excluding diaryl/α,β-unsaturated/α-hetero) is 1. The van der Waals surface area contributed by atoms with E-state index in [1.165, 1.54) is 18.9 Å². The zero-order valence-corrected chi connectivity index (χ0v) is 27.5. The third-order valence-corrected chi connectivity index (χ3v) is 9.74. The summed E-state index contributed by atoms with van der Waals surface area (Å²) < 4.78 is 0. The van der Waals surface area contributed by atoms with Gasteiger partial charge in [0, 0.05) is 25.7 Å². The Kier molecular flexibility index (Phi) is 13.2. The summed E-state index contributed by atoms with van der Waals surface area (Å²) in [5, 5.41) is 14.5. The van der Waals surface area contributed by atoms with Crippen LogP contribution in [0.3, 0.4) is 0 Å². The number of carbonyl (C=O) groups excluding carboxylic acids is 5. The first-order chi connectivity index (χ1) is 20.9. The second-order valence-electron chi connectivity index (χ2n) is 14.0. The second-order valence-corrected chi connectivity index (χ2v) is 14.0. The Labute approximate surface area is 263 Å². The largest absolute Gasteiger partial charge is 0.346 e. The number of hydrogen-bond acceptors (Lipinski definition) is 6. The highest BCUT2D eigenvalue weighted by Crippen LogP contribution is 2.46. The molecule has 2 saturated carbocycles. The van der Waals surface area contributed by atoms with Crippen LogP contribution in [0.1, 0.15) is 91.9 Å². The van der Waals surface area contributed by atoms with Crippen LogP contribution in [0.15, 0.2) is 12.7 Å². The Bertz CT molecular complexity index is 1030. The predicted molar refractivity (Wildman–Crippen MR) is 171 cm³/mol. The van der Waals surface area contributed by atoms with Crippen molar-refractivity contribution in [3.05, 3.63) is 12.7 Å². The molecule has 1 aliphatic heterocycles. The number of hydrogen-bond donors (Lipinski definition) is 5. The van der Waals surface area contributed by atoms with Gasteiger partial charge in [-0.15, -0.1) is 6.58 Å². The van der Waals surface area contributed by atoms with Crippen molar-refractivity contribution < 1.29 is 24.0 Å². The first-order valence-corrected chi connectivity index (χ1v) is 16.7. The summed E-state index contributed by atoms with van der Waals surface area (Å²) in [6.07, 6.45) is 9.97. The van der Waals surface area contributed by atoms with Crippen molar-refractivity contribution in [3.8, 4) is 0 Å². The smallest absolute Gasteiger partial charge is 0.315 e. The van der Waals surface area contributed by atoms with E-state index in [1.54, 1.807) is 4.90 Å². The van der Waals surface area contributed by atoms with Crippen LogP contribution in [0.4, 0.5) is 4.79 Å². The number of amides is 5. The van der Waals surface area contributed by atoms with E-state index in [1.807, 2.05) is 14.0 Å². The molecular formula is C33H56N6O5. The summed E-state index contributed by atoms with van der Waals surface area (Å²) in [5.74, 6) is -1.05. The molecule has 1 saturated heterocycles. The maximum absolute atomic E-state index is 14.3. The molecule has 3 fully saturated rings. The molecule has 0 radical (unpaired) electrons. The first kappa shape index (κ1) is 35.5. The number of fused-ring (bicyclic) bond motifs is 1. The monoisotopic (exact) mass is 616 g/mol. The molecule has 2 aliphatic carbocycles. The molecule has 5 N–H and O–H groups in total. The van der Waals surface area contributed by atoms with E-state index < -0.39 is 35.7 Å². The summed E-state index contributed by atoms with van der Waals surface area (Å²) in [5.41, 5.74) is -0.199. The quantitative estimate of drug-likeness (QED) is 0.150. The molecule has 5 amide bonds. The maximum Gasteiger partial charge on any atom is 0.315 e. The lowest BCUT2D eigenvalue weighted by Gasteiger charge is -2.34. The molecule has 3 aliphatic rings. The normalized spacial score (nSPS) is 25.2. The Hall–Kier alpha value is -2.95. The summed E-state index contributed by atoms with van der Waals surface area (Å²) in [6.45, 7) is 12.7. The molecule has 0 bridgehead atoms. The minimum absolute atomic E-state index is 0.00831. The van der Waals surface area contributed by atoms with Crippen LogP contribution in [0.5, 0.6) is 0 Å². The number of urea groups is 1. The van der Waals surface area contributed by atoms with Gasteiger partial charge in [0.05, 0.1) is 6.04 Å². The minimum atomic E-state index is -0.978. The topological polar surface area (TPSA) is 149 Å². The molecule has 3 unspecified atom stereocenters. The van der Waals surface area contributed by atoms with E-state index in [0.29, 0.717) is 50.6 Å². The molecule has 248 valence electrons. The highest BCUT2D eigenvalue weighted by atomic mass is 16.2. The number of carbonyl (C=O) groups is 5. The molecule has 0 spiro atoms. The van der Waals surface area contributed by atoms with Gasteiger partial charge in [-0.1, -0.05) is 65.9 Å². The van der Waals surface area contributed by atoms with Crippen molar-refractivity contribution in [3.63, 3.8) is 0 Å². The average molecular weight is 617 g/mol. The Morgan fingerprint density at radius 3 is 2.18 bits per heavy atom. The van der Waals surface area contributed by atoms with E-state index in [9.17, 15) is 24.0 Å². The number of nitrogens with zero attached hydrogens (tertiary/aromatic N) is 1. The molecular weight excluding hydrogens is 560 g/mol. The van der Waals surface area contributed by atoms with Crippen molar-refractivity contribution in [2.75, 3.05) is 26.7 Å². The zero-order chi connectivity index (χ0) is 32.4. The Morgan fingerprint density at radius 1 is 0.955 bits per heavy atom. The van der Waals surface area contributed by atoms with Gasteiger partial charge < -0.3 is 31.5 Å². The number of rotatable bonds is 14. The third kappa shape index (κ3) is 9.28. The van der Waals surface area contributed by atoms with Gasteiger partial charge in [-0.3, -0.25) is 19.2 Å². The predicted octanol–water partition coefficient (Wildman–Crippen LogP) is 2.65. The molecule has 6 atom stereocenters. The zero-order valence-electron chi connectivity index (χ0n) is 27.5. The van der Waals surface area contributed by atoms with Gasteiger partial charge in [-0.25, -0.2) is 4.79 Å². The molecule has 11 heteroatoms. The number of likely N-dealkylation sites (N-methyl/N-ethyl adjacent to an activating group) is 1. The van der Waals surface area contributed by atoms with Crippen molar-refractivity contribution in [1.82, 2.24) is 31.5 Å². The SMILES string of the molecule is C=CCNC(=O)C(=O)C(CCC)NC(=O)[C@@H]1CCCN1C(=O)[C@@H](NC(=O)N[C@H](CNC)C(C)(C)C)C1CC2CCCCC2C1. The van der Waals surface area contributed by atoms with E-state index in [2.05, 4.69) is 53.9 Å². The van der Waals surface area contributed by atoms with Crippen LogP contribution in [0.2, 0.25) is 0 Å². The lowest BCUT2D eigenvalue weighted by Crippen LogP contribution is -2.60. The van der Waals surface area contributed by atoms with Gasteiger partial charge in [0.1, 0.15) is 12.1 Å². The van der Waals surface area contributed by atoms with Crippen LogP contribution >= 0.6 is 0 Å². The van der Waals surface area contributed by atoms with Crippen LogP contribution in [0, 0.1) is 23.2 Å². The van der Waals surface area contributed by atoms with Gasteiger partial charge in [0.2, 0.25) is 17.6 Å². The summed E-state index contributed by atoms with van der Waals surface area (Å²) >= 11 is 0. The van der Waals surface area contributed by atoms with Gasteiger partial charge in [-0.05, 0) is 62.3 Å². The number of nitrogens with one attached hydrogen (secondary N) is 5. The maximum atomic E-state index is 14.3. The van der Waals surface area contributed by atoms with Crippen LogP contribution in [0.25, 0.3) is 0 Å². The molecule has 0 aromatic carbocycles. The Morgan fingerprint density at radius 2 is 1.61 bits per heavy atom. The fourth-order valence-corrected chi connectivity index (χ4v) is 7.27. The standard InChI is InChI=1S/C33H56N6O5/c1-7-12-24(28(40)30(42)35-16-8-2)36-29(41)25-15-11-17-39(25)31(43)27(23-18-21-13-9-10-14-22(21)19-23)38-32(44)37-26(20-34-6)33(3,4)5/h8,21-27,34H,2,7,9-20H2,1,3-6H3,(H,35,42)(H,36,41)(H2,37,38,44)/t21?,22?,23?,24?,25-,26+,27-/m0/s1. The summed E-state index contributed by atoms with van der Waals surface area (Å²) in [7, 11) is 1.84. The highest BCUT2D eigenvalue weighted by molar-refractivity contribution is 6.38. The fourth-order valence-electron chi connectivity index (χ4n) is 7.27. The van der Waals surface area contributed by atoms with Crippen molar-refractivity contribution in [1.29, 1.82) is 0 Å². The Balaban J connectivity index is 1.79. The second kappa shape index (κ2) is 16.4. The van der Waals surface area contributed by atoms with Crippen LogP contribution in [-0.2, 0) is 19.2 Å². The van der Waals surface area contributed by atoms with Crippen molar-refractivity contribution in [2.45, 2.75) is 116 Å². The van der Waals surface area contributed by atoms with Crippen molar-refractivity contribution >= 4 is 29.5 Å².